The maximum Gasteiger partial charge on any atom is 0.347 e. The number of rotatable bonds is 3. The molecule has 110 valence electrons. The minimum absolute atomic E-state index is 0.0329. The molecule has 0 fully saturated rings. The van der Waals surface area contributed by atoms with Crippen molar-refractivity contribution in [3.8, 4) is 22.1 Å². The average Bonchev–Trinajstić information content (AvgIpc) is 3.05. The zero-order chi connectivity index (χ0) is 15.1. The quantitative estimate of drug-likeness (QED) is 0.923. The summed E-state index contributed by atoms with van der Waals surface area (Å²) in [6, 6.07) is 3.48. The van der Waals surface area contributed by atoms with Crippen LogP contribution in [0.5, 0.6) is 11.5 Å². The maximum absolute atomic E-state index is 11.3. The lowest BCUT2D eigenvalue weighted by molar-refractivity contribution is 0.0700. The number of ether oxygens (including phenoxy) is 2. The summed E-state index contributed by atoms with van der Waals surface area (Å²) >= 11 is 7.29. The highest BCUT2D eigenvalue weighted by atomic mass is 35.5. The molecule has 0 amide bonds. The molecule has 1 aromatic carbocycles. The van der Waals surface area contributed by atoms with Gasteiger partial charge in [-0.3, -0.25) is 0 Å². The Morgan fingerprint density at radius 1 is 1.43 bits per heavy atom. The molecule has 0 bridgehead atoms. The molecule has 21 heavy (non-hydrogen) atoms. The number of hydrogen-bond acceptors (Lipinski definition) is 5. The van der Waals surface area contributed by atoms with Crippen LogP contribution < -0.4 is 9.47 Å². The lowest BCUT2D eigenvalue weighted by Gasteiger charge is -2.02. The van der Waals surface area contributed by atoms with Gasteiger partial charge in [0, 0.05) is 5.56 Å². The van der Waals surface area contributed by atoms with E-state index < -0.39 is 5.97 Å². The van der Waals surface area contributed by atoms with E-state index in [2.05, 4.69) is 4.98 Å². The molecule has 1 aromatic heterocycles. The van der Waals surface area contributed by atoms with Crippen LogP contribution in [0.15, 0.2) is 12.1 Å². The van der Waals surface area contributed by atoms with E-state index in [0.29, 0.717) is 27.2 Å². The van der Waals surface area contributed by atoms with E-state index in [1.807, 2.05) is 13.8 Å². The van der Waals surface area contributed by atoms with Crippen molar-refractivity contribution in [1.29, 1.82) is 0 Å². The number of carboxylic acids is 1. The maximum atomic E-state index is 11.3. The van der Waals surface area contributed by atoms with Crippen LogP contribution in [0.2, 0.25) is 5.02 Å². The summed E-state index contributed by atoms with van der Waals surface area (Å²) in [5.74, 6) is 0.134. The fourth-order valence-corrected chi connectivity index (χ4v) is 3.40. The highest BCUT2D eigenvalue weighted by Gasteiger charge is 2.23. The second-order valence-electron chi connectivity index (χ2n) is 4.89. The Labute approximate surface area is 130 Å². The minimum atomic E-state index is -0.964. The van der Waals surface area contributed by atoms with Crippen LogP contribution in [-0.2, 0) is 0 Å². The van der Waals surface area contributed by atoms with Crippen LogP contribution in [0.1, 0.15) is 35.1 Å². The van der Waals surface area contributed by atoms with Gasteiger partial charge in [-0.25, -0.2) is 9.78 Å². The number of nitrogens with zero attached hydrogens (tertiary/aromatic N) is 1. The van der Waals surface area contributed by atoms with E-state index in [9.17, 15) is 9.90 Å². The summed E-state index contributed by atoms with van der Waals surface area (Å²) in [6.07, 6.45) is 0. The van der Waals surface area contributed by atoms with Crippen molar-refractivity contribution >= 4 is 28.9 Å². The van der Waals surface area contributed by atoms with Crippen molar-refractivity contribution < 1.29 is 19.4 Å². The van der Waals surface area contributed by atoms with Gasteiger partial charge in [0.1, 0.15) is 9.88 Å². The number of fused-ring (bicyclic) bond motifs is 1. The molecule has 0 aliphatic carbocycles. The third-order valence-electron chi connectivity index (χ3n) is 3.07. The van der Waals surface area contributed by atoms with Crippen molar-refractivity contribution in [2.75, 3.05) is 6.79 Å². The Morgan fingerprint density at radius 3 is 2.81 bits per heavy atom. The summed E-state index contributed by atoms with van der Waals surface area (Å²) in [7, 11) is 0. The summed E-state index contributed by atoms with van der Waals surface area (Å²) in [6.45, 7) is 3.96. The fraction of sp³-hybridized carbons (Fsp3) is 0.286. The van der Waals surface area contributed by atoms with Gasteiger partial charge in [0.15, 0.2) is 11.5 Å². The number of carboxylic acid groups (broad SMARTS) is 1. The van der Waals surface area contributed by atoms with Gasteiger partial charge in [-0.1, -0.05) is 25.4 Å². The van der Waals surface area contributed by atoms with E-state index in [1.54, 1.807) is 12.1 Å². The SMILES string of the molecule is CC(C)c1nc(-c2cc(Cl)c3c(c2)OCO3)sc1C(=O)O. The number of aromatic carboxylic acids is 1. The molecule has 3 rings (SSSR count). The predicted molar refractivity (Wildman–Crippen MR) is 79.7 cm³/mol. The van der Waals surface area contributed by atoms with Crippen LogP contribution >= 0.6 is 22.9 Å². The van der Waals surface area contributed by atoms with Crippen molar-refractivity contribution in [2.45, 2.75) is 19.8 Å². The van der Waals surface area contributed by atoms with Crippen LogP contribution in [0.25, 0.3) is 10.6 Å². The minimum Gasteiger partial charge on any atom is -0.477 e. The first-order chi connectivity index (χ1) is 9.97. The number of halogens is 1. The molecule has 0 radical (unpaired) electrons. The average molecular weight is 326 g/mol. The zero-order valence-electron chi connectivity index (χ0n) is 11.3. The number of benzene rings is 1. The molecule has 2 aromatic rings. The topological polar surface area (TPSA) is 68.7 Å². The third kappa shape index (κ3) is 2.45. The predicted octanol–water partition coefficient (Wildman–Crippen LogP) is 4.01. The van der Waals surface area contributed by atoms with Crippen LogP contribution in [0.3, 0.4) is 0 Å². The van der Waals surface area contributed by atoms with Crippen LogP contribution in [-0.4, -0.2) is 22.9 Å². The Morgan fingerprint density at radius 2 is 2.19 bits per heavy atom. The van der Waals surface area contributed by atoms with Crippen molar-refractivity contribution in [3.63, 3.8) is 0 Å². The van der Waals surface area contributed by atoms with Crippen LogP contribution in [0.4, 0.5) is 0 Å². The zero-order valence-corrected chi connectivity index (χ0v) is 12.9. The number of aromatic nitrogens is 1. The Balaban J connectivity index is 2.11. The van der Waals surface area contributed by atoms with Crippen molar-refractivity contribution in [1.82, 2.24) is 4.98 Å². The molecular formula is C14H12ClNO4S. The van der Waals surface area contributed by atoms with Gasteiger partial charge in [-0.05, 0) is 18.1 Å². The molecule has 0 atom stereocenters. The summed E-state index contributed by atoms with van der Waals surface area (Å²) < 4.78 is 10.6. The lowest BCUT2D eigenvalue weighted by atomic mass is 10.1. The van der Waals surface area contributed by atoms with Gasteiger partial charge in [-0.2, -0.15) is 0 Å². The molecule has 1 N–H and O–H groups in total. The van der Waals surface area contributed by atoms with E-state index in [4.69, 9.17) is 21.1 Å². The Bertz CT molecular complexity index is 726. The summed E-state index contributed by atoms with van der Waals surface area (Å²) in [5, 5.41) is 10.3. The first-order valence-corrected chi connectivity index (χ1v) is 7.50. The smallest absolute Gasteiger partial charge is 0.347 e. The lowest BCUT2D eigenvalue weighted by Crippen LogP contribution is -2.00. The molecule has 7 heteroatoms. The van der Waals surface area contributed by atoms with E-state index in [0.717, 1.165) is 16.9 Å². The molecule has 0 saturated heterocycles. The second-order valence-corrected chi connectivity index (χ2v) is 6.29. The molecule has 1 aliphatic heterocycles. The van der Waals surface area contributed by atoms with Gasteiger partial charge in [0.05, 0.1) is 10.7 Å². The van der Waals surface area contributed by atoms with Crippen molar-refractivity contribution in [3.05, 3.63) is 27.7 Å². The molecular weight excluding hydrogens is 314 g/mol. The second kappa shape index (κ2) is 5.20. The molecule has 0 saturated carbocycles. The van der Waals surface area contributed by atoms with Gasteiger partial charge < -0.3 is 14.6 Å². The summed E-state index contributed by atoms with van der Waals surface area (Å²) in [5.41, 5.74) is 1.31. The van der Waals surface area contributed by atoms with E-state index in [1.165, 1.54) is 0 Å². The third-order valence-corrected chi connectivity index (χ3v) is 4.46. The highest BCUT2D eigenvalue weighted by molar-refractivity contribution is 7.17. The number of thiazole rings is 1. The van der Waals surface area contributed by atoms with Gasteiger partial charge >= 0.3 is 5.97 Å². The monoisotopic (exact) mass is 325 g/mol. The molecule has 0 spiro atoms. The van der Waals surface area contributed by atoms with Crippen molar-refractivity contribution in [2.24, 2.45) is 0 Å². The molecule has 1 aliphatic rings. The van der Waals surface area contributed by atoms with E-state index in [-0.39, 0.29) is 17.6 Å². The van der Waals surface area contributed by atoms with Crippen LogP contribution in [0, 0.1) is 0 Å². The largest absolute Gasteiger partial charge is 0.477 e. The van der Waals surface area contributed by atoms with E-state index >= 15 is 0 Å². The standard InChI is InChI=1S/C14H12ClNO4S/c1-6(2)10-12(14(17)18)21-13(16-10)7-3-8(15)11-9(4-7)19-5-20-11/h3-4,6H,5H2,1-2H3,(H,17,18). The number of carbonyl (C=O) groups is 1. The Hall–Kier alpha value is -1.79. The first-order valence-electron chi connectivity index (χ1n) is 6.31. The van der Waals surface area contributed by atoms with Gasteiger partial charge in [-0.15, -0.1) is 11.3 Å². The fourth-order valence-electron chi connectivity index (χ4n) is 2.09. The molecule has 0 unspecified atom stereocenters. The normalized spacial score (nSPS) is 13.0. The van der Waals surface area contributed by atoms with Gasteiger partial charge in [0.2, 0.25) is 6.79 Å². The Kier molecular flexibility index (Phi) is 3.51. The number of hydrogen-bond donors (Lipinski definition) is 1. The first kappa shape index (κ1) is 14.2. The van der Waals surface area contributed by atoms with Gasteiger partial charge in [0.25, 0.3) is 0 Å². The highest BCUT2D eigenvalue weighted by Crippen LogP contribution is 2.43. The summed E-state index contributed by atoms with van der Waals surface area (Å²) in [4.78, 5) is 16.0. The molecule has 2 heterocycles. The molecule has 5 nitrogen and oxygen atoms in total.